The molecule has 0 aliphatic carbocycles. The molecule has 2 unspecified atom stereocenters. The maximum absolute atomic E-state index is 4.46. The van der Waals surface area contributed by atoms with E-state index in [9.17, 15) is 0 Å². The van der Waals surface area contributed by atoms with Crippen molar-refractivity contribution in [1.82, 2.24) is 20.3 Å². The van der Waals surface area contributed by atoms with Crippen LogP contribution in [-0.2, 0) is 0 Å². The van der Waals surface area contributed by atoms with Crippen molar-refractivity contribution in [2.24, 2.45) is 5.92 Å². The summed E-state index contributed by atoms with van der Waals surface area (Å²) in [6.07, 6.45) is 4.76. The molecule has 0 radical (unpaired) electrons. The normalized spacial score (nSPS) is 24.7. The number of aromatic nitrogens is 3. The van der Waals surface area contributed by atoms with E-state index >= 15 is 0 Å². The third-order valence-electron chi connectivity index (χ3n) is 3.96. The van der Waals surface area contributed by atoms with Crippen LogP contribution in [0.1, 0.15) is 13.3 Å². The van der Waals surface area contributed by atoms with Gasteiger partial charge in [0.05, 0.1) is 5.39 Å². The van der Waals surface area contributed by atoms with E-state index in [-0.39, 0.29) is 0 Å². The van der Waals surface area contributed by atoms with Crippen LogP contribution in [0.5, 0.6) is 0 Å². The second-order valence-electron chi connectivity index (χ2n) is 5.04. The molecule has 0 spiro atoms. The largest absolute Gasteiger partial charge is 0.354 e. The van der Waals surface area contributed by atoms with Crippen LogP contribution in [0.4, 0.5) is 5.82 Å². The van der Waals surface area contributed by atoms with Crippen LogP contribution in [0, 0.1) is 5.92 Å². The maximum Gasteiger partial charge on any atom is 0.142 e. The van der Waals surface area contributed by atoms with Crippen molar-refractivity contribution in [2.75, 3.05) is 25.0 Å². The lowest BCUT2D eigenvalue weighted by atomic mass is 9.93. The van der Waals surface area contributed by atoms with E-state index in [0.717, 1.165) is 35.9 Å². The number of hydrogen-bond donors (Lipinski definition) is 2. The molecule has 5 nitrogen and oxygen atoms in total. The molecule has 96 valence electrons. The standard InChI is InChI=1S/C13H19N5/c1-9-4-6-18(7-11(9)14-2)13-10-3-5-15-12(10)16-8-17-13/h3,5,8-9,11,14H,4,6-7H2,1-2H3,(H,15,16,17). The molecule has 2 aromatic heterocycles. The maximum atomic E-state index is 4.46. The molecule has 1 aliphatic heterocycles. The van der Waals surface area contributed by atoms with Crippen LogP contribution in [0.15, 0.2) is 18.6 Å². The summed E-state index contributed by atoms with van der Waals surface area (Å²) in [6, 6.07) is 2.58. The summed E-state index contributed by atoms with van der Waals surface area (Å²) in [5.41, 5.74) is 0.916. The van der Waals surface area contributed by atoms with Gasteiger partial charge in [-0.05, 0) is 25.5 Å². The Labute approximate surface area is 107 Å². The Hall–Kier alpha value is -1.62. The summed E-state index contributed by atoms with van der Waals surface area (Å²) in [7, 11) is 2.04. The van der Waals surface area contributed by atoms with Crippen molar-refractivity contribution >= 4 is 16.9 Å². The molecule has 1 fully saturated rings. The van der Waals surface area contributed by atoms with Gasteiger partial charge in [-0.1, -0.05) is 6.92 Å². The van der Waals surface area contributed by atoms with Gasteiger partial charge in [0.15, 0.2) is 0 Å². The minimum atomic E-state index is 0.530. The van der Waals surface area contributed by atoms with E-state index in [1.54, 1.807) is 6.33 Å². The number of hydrogen-bond acceptors (Lipinski definition) is 4. The van der Waals surface area contributed by atoms with Gasteiger partial charge in [-0.2, -0.15) is 0 Å². The van der Waals surface area contributed by atoms with E-state index in [1.807, 2.05) is 13.2 Å². The number of aromatic amines is 1. The number of H-pyrrole nitrogens is 1. The molecule has 2 aromatic rings. The van der Waals surface area contributed by atoms with E-state index in [1.165, 1.54) is 6.42 Å². The number of rotatable bonds is 2. The summed E-state index contributed by atoms with van der Waals surface area (Å²) in [4.78, 5) is 14.2. The van der Waals surface area contributed by atoms with Crippen molar-refractivity contribution in [3.63, 3.8) is 0 Å². The Morgan fingerprint density at radius 2 is 2.33 bits per heavy atom. The molecule has 1 saturated heterocycles. The quantitative estimate of drug-likeness (QED) is 0.839. The molecule has 18 heavy (non-hydrogen) atoms. The van der Waals surface area contributed by atoms with E-state index in [4.69, 9.17) is 0 Å². The molecule has 2 N–H and O–H groups in total. The van der Waals surface area contributed by atoms with Crippen molar-refractivity contribution < 1.29 is 0 Å². The predicted molar refractivity (Wildman–Crippen MR) is 72.7 cm³/mol. The number of nitrogens with zero attached hydrogens (tertiary/aromatic N) is 3. The predicted octanol–water partition coefficient (Wildman–Crippen LogP) is 1.39. The fourth-order valence-corrected chi connectivity index (χ4v) is 2.75. The van der Waals surface area contributed by atoms with Crippen molar-refractivity contribution in [3.05, 3.63) is 18.6 Å². The van der Waals surface area contributed by atoms with Gasteiger partial charge in [0.1, 0.15) is 17.8 Å². The minimum Gasteiger partial charge on any atom is -0.354 e. The molecule has 0 bridgehead atoms. The number of piperidine rings is 1. The van der Waals surface area contributed by atoms with Crippen LogP contribution >= 0.6 is 0 Å². The lowest BCUT2D eigenvalue weighted by Crippen LogP contribution is -2.49. The van der Waals surface area contributed by atoms with Crippen LogP contribution < -0.4 is 10.2 Å². The molecule has 2 atom stereocenters. The van der Waals surface area contributed by atoms with Crippen LogP contribution in [-0.4, -0.2) is 41.1 Å². The first-order chi connectivity index (χ1) is 8.79. The average molecular weight is 245 g/mol. The fourth-order valence-electron chi connectivity index (χ4n) is 2.75. The van der Waals surface area contributed by atoms with Gasteiger partial charge in [-0.3, -0.25) is 0 Å². The zero-order chi connectivity index (χ0) is 12.5. The Bertz CT molecular complexity index is 535. The van der Waals surface area contributed by atoms with Gasteiger partial charge in [-0.15, -0.1) is 0 Å². The summed E-state index contributed by atoms with van der Waals surface area (Å²) >= 11 is 0. The molecular formula is C13H19N5. The molecule has 3 rings (SSSR count). The van der Waals surface area contributed by atoms with Crippen LogP contribution in [0.25, 0.3) is 11.0 Å². The van der Waals surface area contributed by atoms with Crippen molar-refractivity contribution in [2.45, 2.75) is 19.4 Å². The first-order valence-electron chi connectivity index (χ1n) is 6.50. The molecule has 0 saturated carbocycles. The fraction of sp³-hybridized carbons (Fsp3) is 0.538. The first-order valence-corrected chi connectivity index (χ1v) is 6.50. The Morgan fingerprint density at radius 1 is 1.44 bits per heavy atom. The summed E-state index contributed by atoms with van der Waals surface area (Å²) in [5.74, 6) is 1.77. The second-order valence-corrected chi connectivity index (χ2v) is 5.04. The first kappa shape index (κ1) is 11.5. The molecule has 5 heteroatoms. The monoisotopic (exact) mass is 245 g/mol. The molecule has 1 aliphatic rings. The lowest BCUT2D eigenvalue weighted by molar-refractivity contribution is 0.337. The highest BCUT2D eigenvalue weighted by atomic mass is 15.2. The second kappa shape index (κ2) is 4.57. The number of anilines is 1. The molecule has 0 amide bonds. The molecule has 3 heterocycles. The smallest absolute Gasteiger partial charge is 0.142 e. The van der Waals surface area contributed by atoms with Crippen LogP contribution in [0.3, 0.4) is 0 Å². The number of nitrogens with one attached hydrogen (secondary N) is 2. The zero-order valence-corrected chi connectivity index (χ0v) is 10.8. The topological polar surface area (TPSA) is 56.8 Å². The lowest BCUT2D eigenvalue weighted by Gasteiger charge is -2.37. The average Bonchev–Trinajstić information content (AvgIpc) is 2.87. The Kier molecular flexibility index (Phi) is 2.91. The van der Waals surface area contributed by atoms with Gasteiger partial charge >= 0.3 is 0 Å². The SMILES string of the molecule is CNC1CN(c2ncnc3[nH]ccc23)CCC1C. The highest BCUT2D eigenvalue weighted by molar-refractivity contribution is 5.87. The van der Waals surface area contributed by atoms with Gasteiger partial charge in [0, 0.05) is 25.3 Å². The highest BCUT2D eigenvalue weighted by Crippen LogP contribution is 2.26. The van der Waals surface area contributed by atoms with Gasteiger partial charge in [0.2, 0.25) is 0 Å². The number of likely N-dealkylation sites (N-methyl/N-ethyl adjacent to an activating group) is 1. The highest BCUT2D eigenvalue weighted by Gasteiger charge is 2.26. The summed E-state index contributed by atoms with van der Waals surface area (Å²) < 4.78 is 0. The van der Waals surface area contributed by atoms with Gasteiger partial charge in [-0.25, -0.2) is 9.97 Å². The Balaban J connectivity index is 1.93. The third kappa shape index (κ3) is 1.84. The Morgan fingerprint density at radius 3 is 3.17 bits per heavy atom. The molecule has 0 aromatic carbocycles. The third-order valence-corrected chi connectivity index (χ3v) is 3.96. The van der Waals surface area contributed by atoms with Crippen molar-refractivity contribution in [1.29, 1.82) is 0 Å². The minimum absolute atomic E-state index is 0.530. The zero-order valence-electron chi connectivity index (χ0n) is 10.8. The molecular weight excluding hydrogens is 226 g/mol. The van der Waals surface area contributed by atoms with Crippen molar-refractivity contribution in [3.8, 4) is 0 Å². The van der Waals surface area contributed by atoms with Gasteiger partial charge < -0.3 is 15.2 Å². The van der Waals surface area contributed by atoms with E-state index in [0.29, 0.717) is 6.04 Å². The van der Waals surface area contributed by atoms with Crippen LogP contribution in [0.2, 0.25) is 0 Å². The van der Waals surface area contributed by atoms with Gasteiger partial charge in [0.25, 0.3) is 0 Å². The summed E-state index contributed by atoms with van der Waals surface area (Å²) in [6.45, 7) is 4.38. The number of fused-ring (bicyclic) bond motifs is 1. The summed E-state index contributed by atoms with van der Waals surface area (Å²) in [5, 5.41) is 4.52. The van der Waals surface area contributed by atoms with E-state index < -0.39 is 0 Å². The van der Waals surface area contributed by atoms with E-state index in [2.05, 4.69) is 38.2 Å².